The Morgan fingerprint density at radius 2 is 2.25 bits per heavy atom. The van der Waals surface area contributed by atoms with Gasteiger partial charge < -0.3 is 21.1 Å². The van der Waals surface area contributed by atoms with E-state index >= 15 is 0 Å². The van der Waals surface area contributed by atoms with E-state index in [0.717, 1.165) is 15.4 Å². The van der Waals surface area contributed by atoms with Crippen molar-refractivity contribution < 1.29 is 9.53 Å². The number of nitrogens with one attached hydrogen (secondary N) is 2. The van der Waals surface area contributed by atoms with Gasteiger partial charge in [0, 0.05) is 16.9 Å². The predicted molar refractivity (Wildman–Crippen MR) is 80.5 cm³/mol. The zero-order valence-electron chi connectivity index (χ0n) is 10.8. The Morgan fingerprint density at radius 1 is 1.45 bits per heavy atom. The number of ether oxygens (including phenoxy) is 1. The van der Waals surface area contributed by atoms with Crippen LogP contribution < -0.4 is 16.4 Å². The molecule has 0 bridgehead atoms. The van der Waals surface area contributed by atoms with E-state index in [2.05, 4.69) is 36.5 Å². The summed E-state index contributed by atoms with van der Waals surface area (Å²) >= 11 is 3.38. The van der Waals surface area contributed by atoms with Gasteiger partial charge in [-0.2, -0.15) is 4.98 Å². The number of hydrogen-bond donors (Lipinski definition) is 3. The average Bonchev–Trinajstić information content (AvgIpc) is 2.42. The number of rotatable bonds is 4. The van der Waals surface area contributed by atoms with Crippen molar-refractivity contribution >= 4 is 44.7 Å². The molecule has 0 aliphatic heterocycles. The normalized spacial score (nSPS) is 10.3. The zero-order valence-corrected chi connectivity index (χ0v) is 12.4. The number of benzene rings is 1. The number of fused-ring (bicyclic) bond motifs is 1. The third-order valence-corrected chi connectivity index (χ3v) is 3.00. The second-order valence-corrected chi connectivity index (χ2v) is 4.82. The van der Waals surface area contributed by atoms with Crippen molar-refractivity contribution in [2.75, 3.05) is 31.2 Å². The first kappa shape index (κ1) is 14.3. The summed E-state index contributed by atoms with van der Waals surface area (Å²) < 4.78 is 5.79. The number of aromatic nitrogens is 2. The van der Waals surface area contributed by atoms with Crippen LogP contribution in [0.4, 0.5) is 16.6 Å². The van der Waals surface area contributed by atoms with Crippen LogP contribution in [0.1, 0.15) is 0 Å². The molecule has 2 aromatic rings. The number of hydrogen-bond acceptors (Lipinski definition) is 6. The van der Waals surface area contributed by atoms with Gasteiger partial charge >= 0.3 is 6.09 Å². The van der Waals surface area contributed by atoms with Crippen LogP contribution in [0.5, 0.6) is 0 Å². The number of nitrogens with zero attached hydrogens (tertiary/aromatic N) is 2. The molecule has 0 atom stereocenters. The van der Waals surface area contributed by atoms with Crippen LogP contribution in [0.3, 0.4) is 0 Å². The predicted octanol–water partition coefficient (Wildman–Crippen LogP) is 1.74. The summed E-state index contributed by atoms with van der Waals surface area (Å²) in [5.41, 5.74) is 6.41. The Labute approximate surface area is 124 Å². The molecule has 0 fully saturated rings. The first-order chi connectivity index (χ1) is 9.60. The van der Waals surface area contributed by atoms with Gasteiger partial charge in [-0.25, -0.2) is 9.78 Å². The molecule has 1 heterocycles. The molecule has 7 nitrogen and oxygen atoms in total. The van der Waals surface area contributed by atoms with Crippen LogP contribution in [-0.2, 0) is 4.74 Å². The topological polar surface area (TPSA) is 102 Å². The molecule has 0 aliphatic rings. The maximum Gasteiger partial charge on any atom is 0.406 e. The number of alkyl carbamates (subject to hydrolysis) is 1. The average molecular weight is 340 g/mol. The lowest BCUT2D eigenvalue weighted by atomic mass is 10.2. The highest BCUT2D eigenvalue weighted by molar-refractivity contribution is 9.10. The lowest BCUT2D eigenvalue weighted by Crippen LogP contribution is -2.22. The number of nitrogens with two attached hydrogens (primary N) is 1. The molecule has 0 saturated carbocycles. The molecule has 1 amide bonds. The van der Waals surface area contributed by atoms with E-state index in [4.69, 9.17) is 10.5 Å². The molecular formula is C12H14BrN5O2. The van der Waals surface area contributed by atoms with Crippen LogP contribution in [0.2, 0.25) is 0 Å². The second kappa shape index (κ2) is 6.38. The molecule has 0 saturated heterocycles. The molecule has 1 aromatic carbocycles. The summed E-state index contributed by atoms with van der Waals surface area (Å²) in [6.45, 7) is 0.649. The third kappa shape index (κ3) is 3.47. The summed E-state index contributed by atoms with van der Waals surface area (Å²) in [4.78, 5) is 19.2. The maximum atomic E-state index is 10.9. The summed E-state index contributed by atoms with van der Waals surface area (Å²) in [6.07, 6.45) is -0.470. The van der Waals surface area contributed by atoms with Crippen molar-refractivity contribution in [1.82, 2.24) is 15.3 Å². The first-order valence-electron chi connectivity index (χ1n) is 5.91. The molecule has 106 valence electrons. The summed E-state index contributed by atoms with van der Waals surface area (Å²) in [7, 11) is 1.51. The number of nitrogen functional groups attached to an aromatic ring is 1. The number of amides is 1. The standard InChI is InChI=1S/C12H14BrN5O2/c1-15-12(19)20-5-4-16-10-8-3-2-7(13)6-9(8)17-11(14)18-10/h2-3,6H,4-5H2,1H3,(H,15,19)(H3,14,16,17,18). The van der Waals surface area contributed by atoms with Gasteiger partial charge in [-0.15, -0.1) is 0 Å². The van der Waals surface area contributed by atoms with Crippen LogP contribution in [-0.4, -0.2) is 36.3 Å². The van der Waals surface area contributed by atoms with Gasteiger partial charge in [0.05, 0.1) is 12.1 Å². The Bertz CT molecular complexity index is 629. The molecule has 0 aliphatic carbocycles. The summed E-state index contributed by atoms with van der Waals surface area (Å²) in [6, 6.07) is 5.65. The molecule has 0 radical (unpaired) electrons. The number of anilines is 2. The summed E-state index contributed by atoms with van der Waals surface area (Å²) in [5, 5.41) is 6.29. The fourth-order valence-electron chi connectivity index (χ4n) is 1.64. The minimum absolute atomic E-state index is 0.185. The maximum absolute atomic E-state index is 10.9. The van der Waals surface area contributed by atoms with Gasteiger partial charge in [0.2, 0.25) is 5.95 Å². The van der Waals surface area contributed by atoms with Gasteiger partial charge in [0.1, 0.15) is 12.4 Å². The smallest absolute Gasteiger partial charge is 0.406 e. The lowest BCUT2D eigenvalue weighted by molar-refractivity contribution is 0.153. The number of carbonyl (C=O) groups excluding carboxylic acids is 1. The number of halogens is 1. The van der Waals surface area contributed by atoms with E-state index in [9.17, 15) is 4.79 Å². The SMILES string of the molecule is CNC(=O)OCCNc1nc(N)nc2cc(Br)ccc12. The molecule has 2 rings (SSSR count). The van der Waals surface area contributed by atoms with Crippen molar-refractivity contribution in [3.05, 3.63) is 22.7 Å². The Hall–Kier alpha value is -2.09. The second-order valence-electron chi connectivity index (χ2n) is 3.90. The van der Waals surface area contributed by atoms with Crippen molar-refractivity contribution in [1.29, 1.82) is 0 Å². The van der Waals surface area contributed by atoms with E-state index < -0.39 is 6.09 Å². The van der Waals surface area contributed by atoms with E-state index in [0.29, 0.717) is 12.4 Å². The van der Waals surface area contributed by atoms with Crippen molar-refractivity contribution in [3.8, 4) is 0 Å². The van der Waals surface area contributed by atoms with Crippen molar-refractivity contribution in [3.63, 3.8) is 0 Å². The highest BCUT2D eigenvalue weighted by Crippen LogP contribution is 2.24. The van der Waals surface area contributed by atoms with Crippen LogP contribution in [0, 0.1) is 0 Å². The van der Waals surface area contributed by atoms with E-state index in [1.54, 1.807) is 0 Å². The summed E-state index contributed by atoms with van der Waals surface area (Å²) in [5.74, 6) is 0.797. The van der Waals surface area contributed by atoms with Crippen molar-refractivity contribution in [2.24, 2.45) is 0 Å². The van der Waals surface area contributed by atoms with E-state index in [1.165, 1.54) is 7.05 Å². The van der Waals surface area contributed by atoms with Crippen LogP contribution in [0.25, 0.3) is 10.9 Å². The highest BCUT2D eigenvalue weighted by atomic mass is 79.9. The first-order valence-corrected chi connectivity index (χ1v) is 6.70. The third-order valence-electron chi connectivity index (χ3n) is 2.51. The fraction of sp³-hybridized carbons (Fsp3) is 0.250. The Kier molecular flexibility index (Phi) is 4.57. The van der Waals surface area contributed by atoms with E-state index in [-0.39, 0.29) is 12.6 Å². The van der Waals surface area contributed by atoms with Gasteiger partial charge in [0.25, 0.3) is 0 Å². The molecule has 8 heteroatoms. The largest absolute Gasteiger partial charge is 0.448 e. The van der Waals surface area contributed by atoms with E-state index in [1.807, 2.05) is 18.2 Å². The fourth-order valence-corrected chi connectivity index (χ4v) is 1.99. The van der Waals surface area contributed by atoms with Crippen LogP contribution >= 0.6 is 15.9 Å². The Morgan fingerprint density at radius 3 is 3.00 bits per heavy atom. The minimum Gasteiger partial charge on any atom is -0.448 e. The van der Waals surface area contributed by atoms with Crippen LogP contribution in [0.15, 0.2) is 22.7 Å². The lowest BCUT2D eigenvalue weighted by Gasteiger charge is -2.10. The molecule has 4 N–H and O–H groups in total. The molecule has 1 aromatic heterocycles. The molecular weight excluding hydrogens is 326 g/mol. The van der Waals surface area contributed by atoms with Gasteiger partial charge in [-0.05, 0) is 18.2 Å². The van der Waals surface area contributed by atoms with Gasteiger partial charge in [-0.3, -0.25) is 0 Å². The quantitative estimate of drug-likeness (QED) is 0.733. The monoisotopic (exact) mass is 339 g/mol. The molecule has 0 unspecified atom stereocenters. The zero-order chi connectivity index (χ0) is 14.5. The minimum atomic E-state index is -0.470. The molecule has 0 spiro atoms. The van der Waals surface area contributed by atoms with Crippen molar-refractivity contribution in [2.45, 2.75) is 0 Å². The molecule has 20 heavy (non-hydrogen) atoms. The number of carbonyl (C=O) groups is 1. The Balaban J connectivity index is 2.11. The van der Waals surface area contributed by atoms with Gasteiger partial charge in [0.15, 0.2) is 0 Å². The van der Waals surface area contributed by atoms with Gasteiger partial charge in [-0.1, -0.05) is 15.9 Å². The highest BCUT2D eigenvalue weighted by Gasteiger charge is 2.06.